The fourth-order valence-corrected chi connectivity index (χ4v) is 6.44. The summed E-state index contributed by atoms with van der Waals surface area (Å²) >= 11 is 0. The normalized spacial score (nSPS) is 27.2. The standard InChI is InChI=1S/C25H30N2/c1-2-7-18(6-1)16-26-15-14-24-22(17-26)21-10-5-9-20-13-12-19-8-3-4-11-23(19)27(24)25(20)21/h3-5,8-11,18,22,24H,1-2,6-7,12-17H2. The number of benzene rings is 2. The third-order valence-corrected chi connectivity index (χ3v) is 7.69. The molecule has 0 aromatic heterocycles. The fourth-order valence-electron chi connectivity index (χ4n) is 6.44. The van der Waals surface area contributed by atoms with Crippen LogP contribution in [0.5, 0.6) is 0 Å². The fraction of sp³-hybridized carbons (Fsp3) is 0.520. The van der Waals surface area contributed by atoms with E-state index in [1.54, 1.807) is 16.8 Å². The van der Waals surface area contributed by atoms with E-state index in [4.69, 9.17) is 0 Å². The molecular weight excluding hydrogens is 328 g/mol. The van der Waals surface area contributed by atoms with Gasteiger partial charge in [-0.2, -0.15) is 0 Å². The SMILES string of the molecule is c1ccc2c(c1)CCc1cccc3c1N2C1CCN(CC2CCCC2)CC31. The van der Waals surface area contributed by atoms with Crippen LogP contribution >= 0.6 is 0 Å². The molecule has 2 heteroatoms. The van der Waals surface area contributed by atoms with Gasteiger partial charge in [-0.05, 0) is 60.8 Å². The third kappa shape index (κ3) is 2.56. The Morgan fingerprint density at radius 3 is 2.59 bits per heavy atom. The molecule has 2 nitrogen and oxygen atoms in total. The lowest BCUT2D eigenvalue weighted by atomic mass is 9.87. The molecule has 0 radical (unpaired) electrons. The number of anilines is 2. The molecule has 0 N–H and O–H groups in total. The van der Waals surface area contributed by atoms with Crippen molar-refractivity contribution >= 4 is 11.4 Å². The second-order valence-electron chi connectivity index (χ2n) is 9.23. The lowest BCUT2D eigenvalue weighted by Gasteiger charge is -2.40. The number of nitrogens with zero attached hydrogens (tertiary/aromatic N) is 2. The highest BCUT2D eigenvalue weighted by atomic mass is 15.2. The largest absolute Gasteiger partial charge is 0.337 e. The summed E-state index contributed by atoms with van der Waals surface area (Å²) in [4.78, 5) is 5.55. The number of rotatable bonds is 2. The molecule has 2 atom stereocenters. The van der Waals surface area contributed by atoms with Crippen LogP contribution in [0.15, 0.2) is 42.5 Å². The van der Waals surface area contributed by atoms with Crippen molar-refractivity contribution in [2.45, 2.75) is 56.9 Å². The Morgan fingerprint density at radius 1 is 0.852 bits per heavy atom. The van der Waals surface area contributed by atoms with Crippen molar-refractivity contribution < 1.29 is 0 Å². The number of hydrogen-bond acceptors (Lipinski definition) is 2. The maximum absolute atomic E-state index is 2.80. The van der Waals surface area contributed by atoms with Gasteiger partial charge < -0.3 is 9.80 Å². The Bertz CT molecular complexity index is 851. The molecule has 1 aliphatic carbocycles. The number of likely N-dealkylation sites (tertiary alicyclic amines) is 1. The molecule has 1 saturated heterocycles. The summed E-state index contributed by atoms with van der Waals surface area (Å²) in [6, 6.07) is 17.0. The van der Waals surface area contributed by atoms with E-state index in [1.807, 2.05) is 0 Å². The van der Waals surface area contributed by atoms with Crippen LogP contribution in [-0.4, -0.2) is 30.6 Å². The number of para-hydroxylation sites is 2. The molecule has 2 aromatic carbocycles. The quantitative estimate of drug-likeness (QED) is 0.720. The van der Waals surface area contributed by atoms with Gasteiger partial charge in [-0.3, -0.25) is 0 Å². The molecule has 1 saturated carbocycles. The zero-order chi connectivity index (χ0) is 17.8. The summed E-state index contributed by atoms with van der Waals surface area (Å²) in [6.45, 7) is 3.88. The molecule has 4 aliphatic rings. The van der Waals surface area contributed by atoms with E-state index >= 15 is 0 Å². The van der Waals surface area contributed by atoms with E-state index in [1.165, 1.54) is 75.8 Å². The van der Waals surface area contributed by atoms with Gasteiger partial charge in [0.15, 0.2) is 0 Å². The highest BCUT2D eigenvalue weighted by Crippen LogP contribution is 2.52. The van der Waals surface area contributed by atoms with Gasteiger partial charge in [0, 0.05) is 43.0 Å². The van der Waals surface area contributed by atoms with Gasteiger partial charge in [-0.15, -0.1) is 0 Å². The summed E-state index contributed by atoms with van der Waals surface area (Å²) in [6.07, 6.45) is 9.51. The van der Waals surface area contributed by atoms with E-state index in [0.717, 1.165) is 5.92 Å². The van der Waals surface area contributed by atoms with E-state index < -0.39 is 0 Å². The maximum Gasteiger partial charge on any atom is 0.0483 e. The topological polar surface area (TPSA) is 6.48 Å². The molecule has 3 heterocycles. The van der Waals surface area contributed by atoms with Gasteiger partial charge in [0.25, 0.3) is 0 Å². The monoisotopic (exact) mass is 358 g/mol. The highest BCUT2D eigenvalue weighted by Gasteiger charge is 2.44. The second-order valence-corrected chi connectivity index (χ2v) is 9.23. The number of aryl methyl sites for hydroxylation is 2. The van der Waals surface area contributed by atoms with Crippen LogP contribution in [0.4, 0.5) is 11.4 Å². The zero-order valence-electron chi connectivity index (χ0n) is 16.2. The Balaban J connectivity index is 1.37. The van der Waals surface area contributed by atoms with Crippen LogP contribution in [-0.2, 0) is 12.8 Å². The van der Waals surface area contributed by atoms with E-state index in [0.29, 0.717) is 12.0 Å². The minimum absolute atomic E-state index is 0.653. The molecule has 2 aromatic rings. The lowest BCUT2D eigenvalue weighted by Crippen LogP contribution is -2.46. The van der Waals surface area contributed by atoms with Crippen molar-refractivity contribution in [3.05, 3.63) is 59.2 Å². The summed E-state index contributed by atoms with van der Waals surface area (Å²) < 4.78 is 0. The van der Waals surface area contributed by atoms with Gasteiger partial charge in [0.2, 0.25) is 0 Å². The average Bonchev–Trinajstić information content (AvgIpc) is 3.28. The minimum atomic E-state index is 0.653. The first-order valence-electron chi connectivity index (χ1n) is 11.1. The van der Waals surface area contributed by atoms with Crippen LogP contribution in [0.2, 0.25) is 0 Å². The van der Waals surface area contributed by atoms with Gasteiger partial charge in [-0.1, -0.05) is 49.2 Å². The van der Waals surface area contributed by atoms with Gasteiger partial charge >= 0.3 is 0 Å². The van der Waals surface area contributed by atoms with Crippen molar-refractivity contribution in [2.75, 3.05) is 24.5 Å². The molecule has 0 amide bonds. The van der Waals surface area contributed by atoms with E-state index in [9.17, 15) is 0 Å². The molecule has 3 aliphatic heterocycles. The molecule has 27 heavy (non-hydrogen) atoms. The predicted octanol–water partition coefficient (Wildman–Crippen LogP) is 5.29. The summed E-state index contributed by atoms with van der Waals surface area (Å²) in [7, 11) is 0. The number of fused-ring (bicyclic) bond motifs is 5. The van der Waals surface area contributed by atoms with Crippen molar-refractivity contribution in [1.82, 2.24) is 4.90 Å². The highest BCUT2D eigenvalue weighted by molar-refractivity contribution is 5.79. The molecule has 2 fully saturated rings. The Kier molecular flexibility index (Phi) is 3.82. The second kappa shape index (κ2) is 6.38. The van der Waals surface area contributed by atoms with Crippen molar-refractivity contribution in [3.63, 3.8) is 0 Å². The smallest absolute Gasteiger partial charge is 0.0483 e. The minimum Gasteiger partial charge on any atom is -0.337 e. The van der Waals surface area contributed by atoms with E-state index in [-0.39, 0.29) is 0 Å². The number of hydrogen-bond donors (Lipinski definition) is 0. The first-order chi connectivity index (χ1) is 13.4. The first kappa shape index (κ1) is 16.2. The Labute approximate surface area is 163 Å². The van der Waals surface area contributed by atoms with Crippen molar-refractivity contribution in [1.29, 1.82) is 0 Å². The zero-order valence-corrected chi connectivity index (χ0v) is 16.2. The molecule has 140 valence electrons. The Hall–Kier alpha value is -1.80. The molecular formula is C25H30N2. The maximum atomic E-state index is 2.80. The van der Waals surface area contributed by atoms with E-state index in [2.05, 4.69) is 52.3 Å². The summed E-state index contributed by atoms with van der Waals surface area (Å²) in [5.74, 6) is 1.64. The van der Waals surface area contributed by atoms with Gasteiger partial charge in [0.05, 0.1) is 0 Å². The van der Waals surface area contributed by atoms with Crippen molar-refractivity contribution in [2.24, 2.45) is 5.92 Å². The molecule has 2 unspecified atom stereocenters. The molecule has 0 spiro atoms. The first-order valence-corrected chi connectivity index (χ1v) is 11.1. The lowest BCUT2D eigenvalue weighted by molar-refractivity contribution is 0.171. The van der Waals surface area contributed by atoms with Crippen LogP contribution in [0.3, 0.4) is 0 Å². The third-order valence-electron chi connectivity index (χ3n) is 7.69. The molecule has 0 bridgehead atoms. The van der Waals surface area contributed by atoms with Crippen LogP contribution < -0.4 is 4.90 Å². The molecule has 6 rings (SSSR count). The van der Waals surface area contributed by atoms with Crippen molar-refractivity contribution in [3.8, 4) is 0 Å². The van der Waals surface area contributed by atoms with Crippen LogP contribution in [0.1, 0.15) is 54.7 Å². The van der Waals surface area contributed by atoms with Gasteiger partial charge in [0.1, 0.15) is 0 Å². The number of piperidine rings is 1. The van der Waals surface area contributed by atoms with Gasteiger partial charge in [-0.25, -0.2) is 0 Å². The van der Waals surface area contributed by atoms with Crippen LogP contribution in [0, 0.1) is 5.92 Å². The summed E-state index contributed by atoms with van der Waals surface area (Å²) in [5.41, 5.74) is 7.79. The van der Waals surface area contributed by atoms with Crippen LogP contribution in [0.25, 0.3) is 0 Å². The summed E-state index contributed by atoms with van der Waals surface area (Å²) in [5, 5.41) is 0. The Morgan fingerprint density at radius 2 is 1.67 bits per heavy atom. The predicted molar refractivity (Wildman–Crippen MR) is 112 cm³/mol. The average molecular weight is 359 g/mol.